The van der Waals surface area contributed by atoms with Crippen LogP contribution in [0.4, 0.5) is 5.69 Å². The van der Waals surface area contributed by atoms with E-state index in [9.17, 15) is 4.79 Å². The lowest BCUT2D eigenvalue weighted by Crippen LogP contribution is -2.24. The fourth-order valence-corrected chi connectivity index (χ4v) is 3.13. The van der Waals surface area contributed by atoms with Crippen molar-refractivity contribution in [1.82, 2.24) is 15.1 Å². The standard InChI is InChI=1S/C19H18N4O4/c1-25-15-6-5-14(9-16(15)26-2)23-11-13(8-17(23)24)19-21-18(22-27-19)12-4-3-7-20-10-12/h3-7,9-10,13H,8,11H2,1-2H3. The zero-order valence-electron chi connectivity index (χ0n) is 15.0. The summed E-state index contributed by atoms with van der Waals surface area (Å²) < 4.78 is 16.0. The number of methoxy groups -OCH3 is 2. The van der Waals surface area contributed by atoms with Crippen molar-refractivity contribution in [2.45, 2.75) is 12.3 Å². The Hall–Kier alpha value is -3.42. The number of hydrogen-bond donors (Lipinski definition) is 0. The van der Waals surface area contributed by atoms with E-state index in [4.69, 9.17) is 14.0 Å². The first kappa shape index (κ1) is 17.0. The maximum atomic E-state index is 12.5. The molecule has 1 saturated heterocycles. The second kappa shape index (κ2) is 7.06. The summed E-state index contributed by atoms with van der Waals surface area (Å²) in [5.41, 5.74) is 1.51. The first-order valence-electron chi connectivity index (χ1n) is 8.46. The van der Waals surface area contributed by atoms with E-state index in [-0.39, 0.29) is 11.8 Å². The molecule has 1 fully saturated rings. The van der Waals surface area contributed by atoms with Gasteiger partial charge in [0, 0.05) is 42.7 Å². The highest BCUT2D eigenvalue weighted by atomic mass is 16.5. The van der Waals surface area contributed by atoms with Crippen molar-refractivity contribution in [3.63, 3.8) is 0 Å². The molecule has 1 unspecified atom stereocenters. The third-order valence-electron chi connectivity index (χ3n) is 4.51. The van der Waals surface area contributed by atoms with E-state index in [1.165, 1.54) is 0 Å². The Morgan fingerprint density at radius 2 is 2.04 bits per heavy atom. The molecule has 0 aliphatic carbocycles. The summed E-state index contributed by atoms with van der Waals surface area (Å²) in [4.78, 5) is 22.7. The van der Waals surface area contributed by atoms with Gasteiger partial charge in [0.1, 0.15) is 0 Å². The van der Waals surface area contributed by atoms with Gasteiger partial charge in [-0.05, 0) is 24.3 Å². The van der Waals surface area contributed by atoms with E-state index in [0.29, 0.717) is 36.2 Å². The smallest absolute Gasteiger partial charge is 0.232 e. The lowest BCUT2D eigenvalue weighted by molar-refractivity contribution is -0.117. The van der Waals surface area contributed by atoms with Crippen molar-refractivity contribution in [2.75, 3.05) is 25.7 Å². The molecule has 8 nitrogen and oxygen atoms in total. The highest BCUT2D eigenvalue weighted by molar-refractivity contribution is 5.96. The number of nitrogens with zero attached hydrogens (tertiary/aromatic N) is 4. The van der Waals surface area contributed by atoms with E-state index >= 15 is 0 Å². The molecule has 1 amide bonds. The van der Waals surface area contributed by atoms with Crippen molar-refractivity contribution >= 4 is 11.6 Å². The molecule has 1 aliphatic heterocycles. The minimum Gasteiger partial charge on any atom is -0.493 e. The van der Waals surface area contributed by atoms with Gasteiger partial charge < -0.3 is 18.9 Å². The normalized spacial score (nSPS) is 16.6. The summed E-state index contributed by atoms with van der Waals surface area (Å²) in [5, 5.41) is 4.01. The zero-order valence-corrected chi connectivity index (χ0v) is 15.0. The third kappa shape index (κ3) is 3.21. The molecule has 138 valence electrons. The summed E-state index contributed by atoms with van der Waals surface area (Å²) in [5.74, 6) is 1.93. The zero-order chi connectivity index (χ0) is 18.8. The fourth-order valence-electron chi connectivity index (χ4n) is 3.13. The topological polar surface area (TPSA) is 90.6 Å². The van der Waals surface area contributed by atoms with Gasteiger partial charge in [-0.2, -0.15) is 4.98 Å². The second-order valence-corrected chi connectivity index (χ2v) is 6.14. The van der Waals surface area contributed by atoms with Gasteiger partial charge in [0.05, 0.1) is 20.1 Å². The van der Waals surface area contributed by atoms with E-state index in [2.05, 4.69) is 15.1 Å². The lowest BCUT2D eigenvalue weighted by Gasteiger charge is -2.18. The maximum absolute atomic E-state index is 12.5. The molecule has 0 saturated carbocycles. The molecule has 2 aromatic heterocycles. The van der Waals surface area contributed by atoms with E-state index < -0.39 is 0 Å². The van der Waals surface area contributed by atoms with Crippen molar-refractivity contribution in [3.05, 3.63) is 48.6 Å². The number of pyridine rings is 1. The van der Waals surface area contributed by atoms with Crippen molar-refractivity contribution in [1.29, 1.82) is 0 Å². The van der Waals surface area contributed by atoms with Crippen LogP contribution in [0.2, 0.25) is 0 Å². The summed E-state index contributed by atoms with van der Waals surface area (Å²) in [6, 6.07) is 9.06. The number of hydrogen-bond acceptors (Lipinski definition) is 7. The van der Waals surface area contributed by atoms with Gasteiger partial charge in [-0.1, -0.05) is 5.16 Å². The van der Waals surface area contributed by atoms with Crippen LogP contribution in [-0.4, -0.2) is 41.8 Å². The number of carbonyl (C=O) groups is 1. The molecule has 0 spiro atoms. The van der Waals surface area contributed by atoms with E-state index in [1.54, 1.807) is 43.6 Å². The van der Waals surface area contributed by atoms with Crippen molar-refractivity contribution in [3.8, 4) is 22.9 Å². The van der Waals surface area contributed by atoms with Crippen LogP contribution < -0.4 is 14.4 Å². The van der Waals surface area contributed by atoms with Crippen LogP contribution >= 0.6 is 0 Å². The van der Waals surface area contributed by atoms with Gasteiger partial charge in [0.15, 0.2) is 11.5 Å². The number of aromatic nitrogens is 3. The van der Waals surface area contributed by atoms with E-state index in [1.807, 2.05) is 18.2 Å². The quantitative estimate of drug-likeness (QED) is 0.685. The average Bonchev–Trinajstić information content (AvgIpc) is 3.35. The molecule has 1 aromatic carbocycles. The van der Waals surface area contributed by atoms with Crippen molar-refractivity contribution in [2.24, 2.45) is 0 Å². The Labute approximate surface area is 155 Å². The number of ether oxygens (including phenoxy) is 2. The highest BCUT2D eigenvalue weighted by Gasteiger charge is 2.35. The van der Waals surface area contributed by atoms with Crippen LogP contribution in [0.1, 0.15) is 18.2 Å². The van der Waals surface area contributed by atoms with Crippen LogP contribution in [0.15, 0.2) is 47.2 Å². The van der Waals surface area contributed by atoms with Crippen LogP contribution in [0.25, 0.3) is 11.4 Å². The molecular formula is C19H18N4O4. The molecule has 4 rings (SSSR count). The number of benzene rings is 1. The highest BCUT2D eigenvalue weighted by Crippen LogP contribution is 2.36. The summed E-state index contributed by atoms with van der Waals surface area (Å²) in [6.45, 7) is 0.461. The van der Waals surface area contributed by atoms with Gasteiger partial charge in [-0.25, -0.2) is 0 Å². The number of anilines is 1. The third-order valence-corrected chi connectivity index (χ3v) is 4.51. The van der Waals surface area contributed by atoms with Gasteiger partial charge >= 0.3 is 0 Å². The first-order chi connectivity index (χ1) is 13.2. The second-order valence-electron chi connectivity index (χ2n) is 6.14. The molecule has 3 heterocycles. The van der Waals surface area contributed by atoms with Crippen LogP contribution in [0.3, 0.4) is 0 Å². The fraction of sp³-hybridized carbons (Fsp3) is 0.263. The molecule has 0 N–H and O–H groups in total. The number of rotatable bonds is 5. The maximum Gasteiger partial charge on any atom is 0.232 e. The Morgan fingerprint density at radius 3 is 2.78 bits per heavy atom. The molecule has 1 atom stereocenters. The Kier molecular flexibility index (Phi) is 4.45. The SMILES string of the molecule is COc1ccc(N2CC(c3nc(-c4cccnc4)no3)CC2=O)cc1OC. The monoisotopic (exact) mass is 366 g/mol. The van der Waals surface area contributed by atoms with Crippen LogP contribution in [0.5, 0.6) is 11.5 Å². The molecule has 8 heteroatoms. The largest absolute Gasteiger partial charge is 0.493 e. The van der Waals surface area contributed by atoms with E-state index in [0.717, 1.165) is 11.3 Å². The predicted octanol–water partition coefficient (Wildman–Crippen LogP) is 2.67. The summed E-state index contributed by atoms with van der Waals surface area (Å²) >= 11 is 0. The van der Waals surface area contributed by atoms with Gasteiger partial charge in [0.2, 0.25) is 17.6 Å². The Morgan fingerprint density at radius 1 is 1.19 bits per heavy atom. The molecule has 1 aliphatic rings. The minimum absolute atomic E-state index is 0.00616. The number of carbonyl (C=O) groups excluding carboxylic acids is 1. The Bertz CT molecular complexity index is 957. The van der Waals surface area contributed by atoms with Gasteiger partial charge in [-0.15, -0.1) is 0 Å². The molecular weight excluding hydrogens is 348 g/mol. The molecule has 0 radical (unpaired) electrons. The van der Waals surface area contributed by atoms with Gasteiger partial charge in [-0.3, -0.25) is 9.78 Å². The molecule has 0 bridgehead atoms. The average molecular weight is 366 g/mol. The predicted molar refractivity (Wildman–Crippen MR) is 96.8 cm³/mol. The summed E-state index contributed by atoms with van der Waals surface area (Å²) in [7, 11) is 3.14. The first-order valence-corrected chi connectivity index (χ1v) is 8.46. The van der Waals surface area contributed by atoms with Crippen molar-refractivity contribution < 1.29 is 18.8 Å². The van der Waals surface area contributed by atoms with Gasteiger partial charge in [0.25, 0.3) is 0 Å². The lowest BCUT2D eigenvalue weighted by atomic mass is 10.1. The van der Waals surface area contributed by atoms with Crippen LogP contribution in [-0.2, 0) is 4.79 Å². The Balaban J connectivity index is 1.55. The molecule has 27 heavy (non-hydrogen) atoms. The number of amides is 1. The molecule has 3 aromatic rings. The minimum atomic E-state index is -0.163. The summed E-state index contributed by atoms with van der Waals surface area (Å²) in [6.07, 6.45) is 3.66. The van der Waals surface area contributed by atoms with Crippen LogP contribution in [0, 0.1) is 0 Å².